The highest BCUT2D eigenvalue weighted by Gasteiger charge is 2.23. The molecule has 2 rings (SSSR count). The summed E-state index contributed by atoms with van der Waals surface area (Å²) in [6.45, 7) is 3.76. The number of hydrogen-bond donors (Lipinski definition) is 2. The van der Waals surface area contributed by atoms with Crippen molar-refractivity contribution in [3.8, 4) is 5.69 Å². The van der Waals surface area contributed by atoms with Gasteiger partial charge in [-0.05, 0) is 24.1 Å². The lowest BCUT2D eigenvalue weighted by Crippen LogP contribution is -2.38. The zero-order valence-electron chi connectivity index (χ0n) is 14.2. The van der Waals surface area contributed by atoms with E-state index >= 15 is 0 Å². The van der Waals surface area contributed by atoms with Crippen LogP contribution < -0.4 is 5.32 Å². The van der Waals surface area contributed by atoms with Crippen LogP contribution >= 0.6 is 11.6 Å². The minimum atomic E-state index is -1.14. The van der Waals surface area contributed by atoms with Gasteiger partial charge in [-0.2, -0.15) is 5.10 Å². The molecule has 0 aliphatic rings. The van der Waals surface area contributed by atoms with Crippen LogP contribution in [-0.2, 0) is 9.53 Å². The number of carboxylic acid groups (broad SMARTS) is 1. The first kappa shape index (κ1) is 19.0. The molecule has 0 saturated heterocycles. The van der Waals surface area contributed by atoms with Crippen LogP contribution in [-0.4, -0.2) is 46.5 Å². The number of hydrogen-bond acceptors (Lipinski definition) is 4. The second-order valence-corrected chi connectivity index (χ2v) is 6.20. The Kier molecular flexibility index (Phi) is 6.17. The van der Waals surface area contributed by atoms with Gasteiger partial charge in [0.2, 0.25) is 0 Å². The van der Waals surface area contributed by atoms with Gasteiger partial charge in [0, 0.05) is 12.1 Å². The number of benzene rings is 1. The maximum absolute atomic E-state index is 12.5. The predicted octanol–water partition coefficient (Wildman–Crippen LogP) is 2.48. The molecule has 0 spiro atoms. The first-order valence-electron chi connectivity index (χ1n) is 7.72. The molecule has 1 aromatic carbocycles. The van der Waals surface area contributed by atoms with Gasteiger partial charge in [0.25, 0.3) is 5.91 Å². The molecule has 1 amide bonds. The van der Waals surface area contributed by atoms with E-state index in [1.807, 2.05) is 19.9 Å². The van der Waals surface area contributed by atoms with Crippen LogP contribution in [0.4, 0.5) is 0 Å². The van der Waals surface area contributed by atoms with Gasteiger partial charge >= 0.3 is 5.97 Å². The average molecular weight is 366 g/mol. The zero-order chi connectivity index (χ0) is 18.6. The van der Waals surface area contributed by atoms with E-state index in [0.29, 0.717) is 16.3 Å². The molecule has 0 bridgehead atoms. The molecule has 1 heterocycles. The van der Waals surface area contributed by atoms with Crippen LogP contribution in [0.1, 0.15) is 35.8 Å². The number of halogens is 1. The highest BCUT2D eigenvalue weighted by molar-refractivity contribution is 6.30. The number of carboxylic acids is 1. The van der Waals surface area contributed by atoms with E-state index in [-0.39, 0.29) is 12.5 Å². The molecule has 1 unspecified atom stereocenters. The predicted molar refractivity (Wildman–Crippen MR) is 93.4 cm³/mol. The highest BCUT2D eigenvalue weighted by Crippen LogP contribution is 2.24. The molecule has 7 nitrogen and oxygen atoms in total. The molecular weight excluding hydrogens is 346 g/mol. The number of methoxy groups -OCH3 is 1. The van der Waals surface area contributed by atoms with Crippen molar-refractivity contribution in [3.63, 3.8) is 0 Å². The third-order valence-corrected chi connectivity index (χ3v) is 3.89. The Morgan fingerprint density at radius 3 is 2.68 bits per heavy atom. The monoisotopic (exact) mass is 365 g/mol. The third-order valence-electron chi connectivity index (χ3n) is 3.66. The number of rotatable bonds is 7. The summed E-state index contributed by atoms with van der Waals surface area (Å²) in [5.74, 6) is -1.53. The third kappa shape index (κ3) is 4.37. The largest absolute Gasteiger partial charge is 0.479 e. The minimum Gasteiger partial charge on any atom is -0.479 e. The molecular formula is C17H20ClN3O4. The van der Waals surface area contributed by atoms with Crippen molar-refractivity contribution >= 4 is 23.5 Å². The second kappa shape index (κ2) is 8.13. The van der Waals surface area contributed by atoms with E-state index in [1.165, 1.54) is 13.3 Å². The Hall–Kier alpha value is -2.38. The molecule has 0 radical (unpaired) electrons. The number of nitrogens with zero attached hydrogens (tertiary/aromatic N) is 2. The SMILES string of the molecule is COC(CNC(=O)c1cnn(-c2cccc(Cl)c2)c1C(C)C)C(=O)O. The molecule has 0 aliphatic heterocycles. The quantitative estimate of drug-likeness (QED) is 0.786. The molecule has 25 heavy (non-hydrogen) atoms. The molecule has 0 saturated carbocycles. The maximum atomic E-state index is 12.5. The number of nitrogens with one attached hydrogen (secondary N) is 1. The van der Waals surface area contributed by atoms with E-state index in [1.54, 1.807) is 22.9 Å². The fourth-order valence-corrected chi connectivity index (χ4v) is 2.64. The molecule has 134 valence electrons. The number of amides is 1. The average Bonchev–Trinajstić information content (AvgIpc) is 3.00. The maximum Gasteiger partial charge on any atom is 0.334 e. The lowest BCUT2D eigenvalue weighted by atomic mass is 10.0. The van der Waals surface area contributed by atoms with E-state index < -0.39 is 18.0 Å². The van der Waals surface area contributed by atoms with Crippen molar-refractivity contribution in [1.29, 1.82) is 0 Å². The summed E-state index contributed by atoms with van der Waals surface area (Å²) < 4.78 is 6.48. The number of aliphatic carboxylic acids is 1. The molecule has 1 aromatic heterocycles. The van der Waals surface area contributed by atoms with Gasteiger partial charge in [0.1, 0.15) is 0 Å². The van der Waals surface area contributed by atoms with Crippen LogP contribution in [0, 0.1) is 0 Å². The Morgan fingerprint density at radius 2 is 2.12 bits per heavy atom. The molecule has 1 atom stereocenters. The summed E-state index contributed by atoms with van der Waals surface area (Å²) in [5.41, 5.74) is 1.84. The second-order valence-electron chi connectivity index (χ2n) is 5.76. The number of carbonyl (C=O) groups is 2. The van der Waals surface area contributed by atoms with E-state index in [9.17, 15) is 9.59 Å². The summed E-state index contributed by atoms with van der Waals surface area (Å²) >= 11 is 6.04. The molecule has 2 aromatic rings. The van der Waals surface area contributed by atoms with Crippen molar-refractivity contribution in [3.05, 3.63) is 46.7 Å². The van der Waals surface area contributed by atoms with E-state index in [0.717, 1.165) is 5.69 Å². The Morgan fingerprint density at radius 1 is 1.40 bits per heavy atom. The van der Waals surface area contributed by atoms with Crippen LogP contribution in [0.25, 0.3) is 5.69 Å². The molecule has 8 heteroatoms. The Balaban J connectivity index is 2.30. The van der Waals surface area contributed by atoms with Gasteiger partial charge < -0.3 is 15.2 Å². The van der Waals surface area contributed by atoms with Gasteiger partial charge in [-0.1, -0.05) is 31.5 Å². The van der Waals surface area contributed by atoms with Crippen molar-refractivity contribution < 1.29 is 19.4 Å². The summed E-state index contributed by atoms with van der Waals surface area (Å²) in [5, 5.41) is 16.4. The van der Waals surface area contributed by atoms with Crippen LogP contribution in [0.3, 0.4) is 0 Å². The Bertz CT molecular complexity index is 773. The van der Waals surface area contributed by atoms with Gasteiger partial charge in [0.15, 0.2) is 6.10 Å². The van der Waals surface area contributed by atoms with Crippen molar-refractivity contribution in [1.82, 2.24) is 15.1 Å². The van der Waals surface area contributed by atoms with Gasteiger partial charge in [0.05, 0.1) is 29.7 Å². The van der Waals surface area contributed by atoms with Gasteiger partial charge in [-0.3, -0.25) is 4.79 Å². The number of carbonyl (C=O) groups excluding carboxylic acids is 1. The van der Waals surface area contributed by atoms with Gasteiger partial charge in [-0.15, -0.1) is 0 Å². The minimum absolute atomic E-state index is 0.0138. The van der Waals surface area contributed by atoms with Crippen LogP contribution in [0.2, 0.25) is 5.02 Å². The summed E-state index contributed by atoms with van der Waals surface area (Å²) in [7, 11) is 1.28. The summed E-state index contributed by atoms with van der Waals surface area (Å²) in [6.07, 6.45) is 0.364. The lowest BCUT2D eigenvalue weighted by molar-refractivity contribution is -0.148. The van der Waals surface area contributed by atoms with Crippen molar-refractivity contribution in [2.24, 2.45) is 0 Å². The topological polar surface area (TPSA) is 93.5 Å². The summed E-state index contributed by atoms with van der Waals surface area (Å²) in [6, 6.07) is 7.17. The van der Waals surface area contributed by atoms with E-state index in [4.69, 9.17) is 21.4 Å². The van der Waals surface area contributed by atoms with Crippen LogP contribution in [0.15, 0.2) is 30.5 Å². The number of ether oxygens (including phenoxy) is 1. The standard InChI is InChI=1S/C17H20ClN3O4/c1-10(2)15-13(16(22)19-9-14(25-3)17(23)24)8-20-21(15)12-6-4-5-11(18)7-12/h4-8,10,14H,9H2,1-3H3,(H,19,22)(H,23,24). The number of aromatic nitrogens is 2. The first-order valence-corrected chi connectivity index (χ1v) is 8.10. The van der Waals surface area contributed by atoms with Crippen LogP contribution in [0.5, 0.6) is 0 Å². The fourth-order valence-electron chi connectivity index (χ4n) is 2.45. The fraction of sp³-hybridized carbons (Fsp3) is 0.353. The van der Waals surface area contributed by atoms with Crippen molar-refractivity contribution in [2.75, 3.05) is 13.7 Å². The normalized spacial score (nSPS) is 12.2. The highest BCUT2D eigenvalue weighted by atomic mass is 35.5. The zero-order valence-corrected chi connectivity index (χ0v) is 14.9. The van der Waals surface area contributed by atoms with E-state index in [2.05, 4.69) is 10.4 Å². The smallest absolute Gasteiger partial charge is 0.334 e. The Labute approximate surface area is 150 Å². The lowest BCUT2D eigenvalue weighted by Gasteiger charge is -2.14. The first-order chi connectivity index (χ1) is 11.8. The summed E-state index contributed by atoms with van der Waals surface area (Å²) in [4.78, 5) is 23.5. The molecule has 0 aliphatic carbocycles. The molecule has 2 N–H and O–H groups in total. The molecule has 0 fully saturated rings. The van der Waals surface area contributed by atoms with Gasteiger partial charge in [-0.25, -0.2) is 9.48 Å². The van der Waals surface area contributed by atoms with Crippen molar-refractivity contribution in [2.45, 2.75) is 25.9 Å².